The Morgan fingerprint density at radius 1 is 1.20 bits per heavy atom. The fourth-order valence-corrected chi connectivity index (χ4v) is 4.10. The third-order valence-electron chi connectivity index (χ3n) is 4.67. The smallest absolute Gasteiger partial charge is 0.338 e. The van der Waals surface area contributed by atoms with Crippen LogP contribution < -0.4 is 5.56 Å². The summed E-state index contributed by atoms with van der Waals surface area (Å²) in [4.78, 5) is 30.3. The first-order chi connectivity index (χ1) is 14.6. The van der Waals surface area contributed by atoms with E-state index in [0.29, 0.717) is 22.4 Å². The van der Waals surface area contributed by atoms with Gasteiger partial charge in [-0.15, -0.1) is 11.3 Å². The Bertz CT molecular complexity index is 1260. The van der Waals surface area contributed by atoms with Crippen molar-refractivity contribution in [1.82, 2.24) is 9.55 Å². The van der Waals surface area contributed by atoms with Gasteiger partial charge in [0, 0.05) is 10.9 Å². The Kier molecular flexibility index (Phi) is 5.72. The van der Waals surface area contributed by atoms with Crippen LogP contribution in [0.25, 0.3) is 21.3 Å². The summed E-state index contributed by atoms with van der Waals surface area (Å²) in [6, 6.07) is 13.1. The second-order valence-electron chi connectivity index (χ2n) is 6.85. The van der Waals surface area contributed by atoms with Crippen molar-refractivity contribution in [1.29, 1.82) is 0 Å². The number of fused-ring (bicyclic) bond motifs is 1. The molecule has 0 bridgehead atoms. The first kappa shape index (κ1) is 20.0. The van der Waals surface area contributed by atoms with E-state index < -0.39 is 0 Å². The molecule has 0 N–H and O–H groups in total. The van der Waals surface area contributed by atoms with Gasteiger partial charge in [0.15, 0.2) is 0 Å². The first-order valence-electron chi connectivity index (χ1n) is 9.55. The van der Waals surface area contributed by atoms with Gasteiger partial charge in [-0.1, -0.05) is 31.2 Å². The minimum Gasteiger partial charge on any atom is -0.462 e. The van der Waals surface area contributed by atoms with Gasteiger partial charge in [0.1, 0.15) is 10.6 Å². The van der Waals surface area contributed by atoms with Crippen molar-refractivity contribution in [2.24, 2.45) is 0 Å². The molecular weight excluding hydrogens is 403 g/mol. The molecule has 7 heteroatoms. The van der Waals surface area contributed by atoms with Crippen molar-refractivity contribution >= 4 is 27.5 Å². The number of aromatic nitrogens is 2. The van der Waals surface area contributed by atoms with Crippen molar-refractivity contribution in [2.45, 2.75) is 19.9 Å². The number of ether oxygens (including phenoxy) is 1. The predicted octanol–water partition coefficient (Wildman–Crippen LogP) is 4.88. The second-order valence-corrected chi connectivity index (χ2v) is 7.71. The Morgan fingerprint density at radius 3 is 2.77 bits per heavy atom. The van der Waals surface area contributed by atoms with Crippen molar-refractivity contribution in [3.8, 4) is 11.1 Å². The number of thiophene rings is 1. The Labute approximate surface area is 176 Å². The normalized spacial score (nSPS) is 11.0. The summed E-state index contributed by atoms with van der Waals surface area (Å²) in [6.45, 7) is 2.58. The maximum absolute atomic E-state index is 13.3. The second kappa shape index (κ2) is 8.59. The summed E-state index contributed by atoms with van der Waals surface area (Å²) >= 11 is 1.38. The lowest BCUT2D eigenvalue weighted by Gasteiger charge is -2.08. The van der Waals surface area contributed by atoms with E-state index in [1.807, 2.05) is 18.4 Å². The van der Waals surface area contributed by atoms with Crippen molar-refractivity contribution in [3.63, 3.8) is 0 Å². The van der Waals surface area contributed by atoms with E-state index in [1.165, 1.54) is 34.4 Å². The molecule has 0 aliphatic rings. The highest BCUT2D eigenvalue weighted by atomic mass is 32.1. The van der Waals surface area contributed by atoms with E-state index in [9.17, 15) is 14.0 Å². The molecule has 152 valence electrons. The van der Waals surface area contributed by atoms with E-state index in [2.05, 4.69) is 4.98 Å². The zero-order chi connectivity index (χ0) is 21.1. The minimum absolute atomic E-state index is 0.181. The van der Waals surface area contributed by atoms with Gasteiger partial charge in [0.05, 0.1) is 30.4 Å². The number of hydrogen-bond donors (Lipinski definition) is 0. The van der Waals surface area contributed by atoms with Crippen LogP contribution in [-0.2, 0) is 11.3 Å². The molecule has 0 amide bonds. The largest absolute Gasteiger partial charge is 0.462 e. The van der Waals surface area contributed by atoms with E-state index in [0.717, 1.165) is 23.1 Å². The molecule has 0 saturated carbocycles. The average Bonchev–Trinajstić information content (AvgIpc) is 3.19. The molecule has 0 atom stereocenters. The van der Waals surface area contributed by atoms with Gasteiger partial charge >= 0.3 is 5.97 Å². The monoisotopic (exact) mass is 422 g/mol. The molecule has 5 nitrogen and oxygen atoms in total. The van der Waals surface area contributed by atoms with E-state index >= 15 is 0 Å². The van der Waals surface area contributed by atoms with Crippen molar-refractivity contribution in [3.05, 3.63) is 87.5 Å². The number of esters is 1. The highest BCUT2D eigenvalue weighted by molar-refractivity contribution is 7.17. The fourth-order valence-electron chi connectivity index (χ4n) is 3.19. The van der Waals surface area contributed by atoms with Gasteiger partial charge in [-0.3, -0.25) is 9.36 Å². The first-order valence-corrected chi connectivity index (χ1v) is 10.4. The SMILES string of the molecule is CCCOC(=O)c1cccc(Cn2cnc3scc(-c4ccc(F)cc4)c3c2=O)c1. The summed E-state index contributed by atoms with van der Waals surface area (Å²) in [6.07, 6.45) is 2.27. The molecule has 30 heavy (non-hydrogen) atoms. The van der Waals surface area contributed by atoms with Crippen LogP contribution in [0.1, 0.15) is 29.3 Å². The average molecular weight is 422 g/mol. The van der Waals surface area contributed by atoms with Crippen molar-refractivity contribution in [2.75, 3.05) is 6.61 Å². The molecule has 4 rings (SSSR count). The molecule has 2 heterocycles. The number of carbonyl (C=O) groups is 1. The third-order valence-corrected chi connectivity index (χ3v) is 5.56. The highest BCUT2D eigenvalue weighted by Gasteiger charge is 2.14. The Morgan fingerprint density at radius 2 is 2.00 bits per heavy atom. The molecule has 0 unspecified atom stereocenters. The number of nitrogens with zero attached hydrogens (tertiary/aromatic N) is 2. The molecule has 2 aromatic carbocycles. The van der Waals surface area contributed by atoms with Crippen LogP contribution in [0.3, 0.4) is 0 Å². The maximum Gasteiger partial charge on any atom is 0.338 e. The summed E-state index contributed by atoms with van der Waals surface area (Å²) in [5.41, 5.74) is 2.56. The maximum atomic E-state index is 13.3. The Hall–Kier alpha value is -3.32. The molecule has 0 saturated heterocycles. The van der Waals surface area contributed by atoms with Gasteiger partial charge in [-0.05, 0) is 41.8 Å². The van der Waals surface area contributed by atoms with Crippen LogP contribution in [0.4, 0.5) is 4.39 Å². The fraction of sp³-hybridized carbons (Fsp3) is 0.174. The van der Waals surface area contributed by atoms with E-state index in [-0.39, 0.29) is 23.9 Å². The number of carbonyl (C=O) groups excluding carboxylic acids is 1. The van der Waals surface area contributed by atoms with Crippen LogP contribution in [-0.4, -0.2) is 22.1 Å². The van der Waals surface area contributed by atoms with Gasteiger partial charge in [-0.25, -0.2) is 14.2 Å². The number of rotatable bonds is 6. The molecule has 0 aliphatic heterocycles. The summed E-state index contributed by atoms with van der Waals surface area (Å²) < 4.78 is 20.0. The van der Waals surface area contributed by atoms with Gasteiger partial charge in [0.2, 0.25) is 0 Å². The lowest BCUT2D eigenvalue weighted by Crippen LogP contribution is -2.21. The van der Waals surface area contributed by atoms with E-state index in [1.54, 1.807) is 30.3 Å². The van der Waals surface area contributed by atoms with E-state index in [4.69, 9.17) is 4.74 Å². The van der Waals surface area contributed by atoms with Gasteiger partial charge < -0.3 is 4.74 Å². The lowest BCUT2D eigenvalue weighted by atomic mass is 10.1. The summed E-state index contributed by atoms with van der Waals surface area (Å²) in [5.74, 6) is -0.706. The molecule has 0 fully saturated rings. The number of benzene rings is 2. The topological polar surface area (TPSA) is 61.2 Å². The van der Waals surface area contributed by atoms with Crippen LogP contribution >= 0.6 is 11.3 Å². The quantitative estimate of drug-likeness (QED) is 0.416. The summed E-state index contributed by atoms with van der Waals surface area (Å²) in [7, 11) is 0. The molecule has 2 aromatic heterocycles. The highest BCUT2D eigenvalue weighted by Crippen LogP contribution is 2.30. The predicted molar refractivity (Wildman–Crippen MR) is 115 cm³/mol. The molecule has 0 radical (unpaired) electrons. The molecule has 0 aliphatic carbocycles. The minimum atomic E-state index is -0.379. The zero-order valence-corrected chi connectivity index (χ0v) is 17.1. The number of halogens is 1. The summed E-state index contributed by atoms with van der Waals surface area (Å²) in [5, 5.41) is 2.37. The van der Waals surface area contributed by atoms with Gasteiger partial charge in [0.25, 0.3) is 5.56 Å². The van der Waals surface area contributed by atoms with Crippen molar-refractivity contribution < 1.29 is 13.9 Å². The van der Waals surface area contributed by atoms with Crippen LogP contribution in [0, 0.1) is 5.82 Å². The standard InChI is InChI=1S/C23H19FN2O3S/c1-2-10-29-23(28)17-5-3-4-15(11-17)12-26-14-25-21-20(22(26)27)19(13-30-21)16-6-8-18(24)9-7-16/h3-9,11,13-14H,2,10,12H2,1H3. The van der Waals surface area contributed by atoms with Gasteiger partial charge in [-0.2, -0.15) is 0 Å². The molecule has 4 aromatic rings. The van der Waals surface area contributed by atoms with Crippen LogP contribution in [0.15, 0.2) is 65.0 Å². The molecule has 0 spiro atoms. The van der Waals surface area contributed by atoms with Crippen LogP contribution in [0.2, 0.25) is 0 Å². The Balaban J connectivity index is 1.68. The third kappa shape index (κ3) is 4.02. The van der Waals surface area contributed by atoms with Crippen LogP contribution in [0.5, 0.6) is 0 Å². The zero-order valence-electron chi connectivity index (χ0n) is 16.3. The lowest BCUT2D eigenvalue weighted by molar-refractivity contribution is 0.0505. The number of hydrogen-bond acceptors (Lipinski definition) is 5. The molecular formula is C23H19FN2O3S.